The number of rotatable bonds is 2. The maximum Gasteiger partial charge on any atom is 0.252 e. The Balaban J connectivity index is 2.84. The quantitative estimate of drug-likeness (QED) is 0.764. The van der Waals surface area contributed by atoms with Crippen LogP contribution in [0.3, 0.4) is 0 Å². The summed E-state index contributed by atoms with van der Waals surface area (Å²) in [6.07, 6.45) is 5.16. The van der Waals surface area contributed by atoms with Crippen LogP contribution >= 0.6 is 11.6 Å². The van der Waals surface area contributed by atoms with E-state index in [9.17, 15) is 4.79 Å². The van der Waals surface area contributed by atoms with Crippen LogP contribution in [0.5, 0.6) is 0 Å². The molecule has 0 radical (unpaired) electrons. The van der Waals surface area contributed by atoms with E-state index in [2.05, 4.69) is 11.2 Å². The molecule has 0 heterocycles. The van der Waals surface area contributed by atoms with Crippen molar-refractivity contribution in [2.24, 2.45) is 0 Å². The minimum atomic E-state index is -0.280. The van der Waals surface area contributed by atoms with E-state index in [0.717, 1.165) is 5.56 Å². The molecule has 1 aromatic rings. The molecular formula is C12H12ClNO. The van der Waals surface area contributed by atoms with E-state index in [4.69, 9.17) is 18.0 Å². The highest BCUT2D eigenvalue weighted by Gasteiger charge is 2.08. The molecule has 0 fully saturated rings. The zero-order chi connectivity index (χ0) is 11.4. The number of hydrogen-bond donors (Lipinski definition) is 1. The molecule has 1 rings (SSSR count). The predicted molar refractivity (Wildman–Crippen MR) is 62.0 cm³/mol. The highest BCUT2D eigenvalue weighted by Crippen LogP contribution is 2.16. The van der Waals surface area contributed by atoms with Crippen LogP contribution < -0.4 is 5.32 Å². The first kappa shape index (κ1) is 11.6. The summed E-state index contributed by atoms with van der Waals surface area (Å²) in [4.78, 5) is 11.6. The molecule has 0 aromatic heterocycles. The molecule has 0 bridgehead atoms. The molecule has 0 saturated heterocycles. The topological polar surface area (TPSA) is 29.1 Å². The first-order valence-corrected chi connectivity index (χ1v) is 4.95. The van der Waals surface area contributed by atoms with E-state index in [1.54, 1.807) is 25.1 Å². The van der Waals surface area contributed by atoms with Crippen molar-refractivity contribution in [3.8, 4) is 12.3 Å². The second-order valence-electron chi connectivity index (χ2n) is 3.33. The van der Waals surface area contributed by atoms with Crippen LogP contribution in [0.4, 0.5) is 0 Å². The van der Waals surface area contributed by atoms with Gasteiger partial charge >= 0.3 is 0 Å². The number of amides is 1. The van der Waals surface area contributed by atoms with Crippen molar-refractivity contribution in [3.63, 3.8) is 0 Å². The zero-order valence-corrected chi connectivity index (χ0v) is 9.43. The third kappa shape index (κ3) is 3.00. The summed E-state index contributed by atoms with van der Waals surface area (Å²) in [5.74, 6) is 2.22. The molecule has 1 unspecified atom stereocenters. The molecule has 0 saturated carbocycles. The predicted octanol–water partition coefficient (Wildman–Crippen LogP) is 2.40. The lowest BCUT2D eigenvalue weighted by molar-refractivity contribution is 0.0948. The summed E-state index contributed by atoms with van der Waals surface area (Å²) in [6.45, 7) is 3.63. The third-order valence-corrected chi connectivity index (χ3v) is 2.44. The summed E-state index contributed by atoms with van der Waals surface area (Å²) >= 11 is 5.91. The highest BCUT2D eigenvalue weighted by atomic mass is 35.5. The van der Waals surface area contributed by atoms with E-state index >= 15 is 0 Å². The number of aryl methyl sites for hydroxylation is 1. The van der Waals surface area contributed by atoms with E-state index in [1.165, 1.54) is 0 Å². The molecule has 1 N–H and O–H groups in total. The maximum absolute atomic E-state index is 11.6. The van der Waals surface area contributed by atoms with Gasteiger partial charge in [0.25, 0.3) is 5.91 Å². The Kier molecular flexibility index (Phi) is 3.76. The van der Waals surface area contributed by atoms with Crippen LogP contribution in [-0.4, -0.2) is 11.9 Å². The Morgan fingerprint density at radius 2 is 2.27 bits per heavy atom. The van der Waals surface area contributed by atoms with Gasteiger partial charge in [0, 0.05) is 10.6 Å². The van der Waals surface area contributed by atoms with Crippen molar-refractivity contribution >= 4 is 17.5 Å². The Bertz CT molecular complexity index is 420. The van der Waals surface area contributed by atoms with Crippen molar-refractivity contribution in [2.75, 3.05) is 0 Å². The molecule has 0 aliphatic carbocycles. The number of hydrogen-bond acceptors (Lipinski definition) is 1. The van der Waals surface area contributed by atoms with E-state index < -0.39 is 0 Å². The fraction of sp³-hybridized carbons (Fsp3) is 0.250. The molecule has 1 aromatic carbocycles. The molecule has 0 aliphatic heterocycles. The molecule has 0 aliphatic rings. The Morgan fingerprint density at radius 3 is 2.80 bits per heavy atom. The van der Waals surface area contributed by atoms with Crippen molar-refractivity contribution in [2.45, 2.75) is 19.9 Å². The summed E-state index contributed by atoms with van der Waals surface area (Å²) in [5, 5.41) is 3.24. The number of carbonyl (C=O) groups is 1. The standard InChI is InChI=1S/C12H12ClNO/c1-4-9(3)14-12(15)10-6-5-8(2)11(13)7-10/h1,5-7,9H,2-3H3,(H,14,15). The van der Waals surface area contributed by atoms with Crippen LogP contribution in [-0.2, 0) is 0 Å². The average Bonchev–Trinajstić information content (AvgIpc) is 2.21. The normalized spacial score (nSPS) is 11.6. The Hall–Kier alpha value is -1.46. The lowest BCUT2D eigenvalue weighted by Gasteiger charge is -2.08. The molecule has 0 spiro atoms. The lowest BCUT2D eigenvalue weighted by Crippen LogP contribution is -2.31. The van der Waals surface area contributed by atoms with Crippen LogP contribution in [0.1, 0.15) is 22.8 Å². The number of carbonyl (C=O) groups excluding carboxylic acids is 1. The van der Waals surface area contributed by atoms with E-state index in [1.807, 2.05) is 6.92 Å². The molecular weight excluding hydrogens is 210 g/mol. The maximum atomic E-state index is 11.6. The number of halogens is 1. The van der Waals surface area contributed by atoms with Gasteiger partial charge in [-0.15, -0.1) is 6.42 Å². The average molecular weight is 222 g/mol. The fourth-order valence-electron chi connectivity index (χ4n) is 1.06. The molecule has 78 valence electrons. The van der Waals surface area contributed by atoms with Gasteiger partial charge in [0.15, 0.2) is 0 Å². The van der Waals surface area contributed by atoms with Crippen LogP contribution in [0, 0.1) is 19.3 Å². The fourth-order valence-corrected chi connectivity index (χ4v) is 1.24. The Morgan fingerprint density at radius 1 is 1.60 bits per heavy atom. The summed E-state index contributed by atoms with van der Waals surface area (Å²) in [7, 11) is 0. The van der Waals surface area contributed by atoms with Crippen molar-refractivity contribution in [1.29, 1.82) is 0 Å². The first-order chi connectivity index (χ1) is 7.04. The molecule has 15 heavy (non-hydrogen) atoms. The lowest BCUT2D eigenvalue weighted by atomic mass is 10.1. The van der Waals surface area contributed by atoms with Crippen molar-refractivity contribution in [3.05, 3.63) is 34.3 Å². The van der Waals surface area contributed by atoms with Gasteiger partial charge in [-0.2, -0.15) is 0 Å². The summed E-state index contributed by atoms with van der Waals surface area (Å²) in [6, 6.07) is 4.88. The second-order valence-corrected chi connectivity index (χ2v) is 3.73. The van der Waals surface area contributed by atoms with Gasteiger partial charge < -0.3 is 5.32 Å². The largest absolute Gasteiger partial charge is 0.339 e. The SMILES string of the molecule is C#CC(C)NC(=O)c1ccc(C)c(Cl)c1. The van der Waals surface area contributed by atoms with Gasteiger partial charge in [-0.1, -0.05) is 23.6 Å². The van der Waals surface area contributed by atoms with Gasteiger partial charge in [-0.3, -0.25) is 4.79 Å². The number of benzene rings is 1. The molecule has 2 nitrogen and oxygen atoms in total. The first-order valence-electron chi connectivity index (χ1n) is 4.57. The van der Waals surface area contributed by atoms with Crippen LogP contribution in [0.2, 0.25) is 5.02 Å². The van der Waals surface area contributed by atoms with Gasteiger partial charge in [0.1, 0.15) is 0 Å². The van der Waals surface area contributed by atoms with Crippen molar-refractivity contribution in [1.82, 2.24) is 5.32 Å². The summed E-state index contributed by atoms with van der Waals surface area (Å²) < 4.78 is 0. The van der Waals surface area contributed by atoms with Crippen molar-refractivity contribution < 1.29 is 4.79 Å². The number of nitrogens with one attached hydrogen (secondary N) is 1. The van der Waals surface area contributed by atoms with Crippen LogP contribution in [0.25, 0.3) is 0 Å². The van der Waals surface area contributed by atoms with E-state index in [0.29, 0.717) is 10.6 Å². The molecule has 1 atom stereocenters. The smallest absolute Gasteiger partial charge is 0.252 e. The second kappa shape index (κ2) is 4.86. The van der Waals surface area contributed by atoms with Gasteiger partial charge in [0.05, 0.1) is 6.04 Å². The molecule has 1 amide bonds. The van der Waals surface area contributed by atoms with Crippen LogP contribution in [0.15, 0.2) is 18.2 Å². The zero-order valence-electron chi connectivity index (χ0n) is 8.67. The van der Waals surface area contributed by atoms with Gasteiger partial charge in [0.2, 0.25) is 0 Å². The summed E-state index contributed by atoms with van der Waals surface area (Å²) in [5.41, 5.74) is 1.46. The highest BCUT2D eigenvalue weighted by molar-refractivity contribution is 6.31. The Labute approximate surface area is 94.6 Å². The number of terminal acetylenes is 1. The van der Waals surface area contributed by atoms with Gasteiger partial charge in [-0.05, 0) is 31.5 Å². The monoisotopic (exact) mass is 221 g/mol. The molecule has 3 heteroatoms. The van der Waals surface area contributed by atoms with Gasteiger partial charge in [-0.25, -0.2) is 0 Å². The minimum Gasteiger partial charge on any atom is -0.339 e. The third-order valence-electron chi connectivity index (χ3n) is 2.03. The minimum absolute atomic E-state index is 0.206. The van der Waals surface area contributed by atoms with E-state index in [-0.39, 0.29) is 11.9 Å².